The molecule has 0 aliphatic carbocycles. The third kappa shape index (κ3) is 2.61. The summed E-state index contributed by atoms with van der Waals surface area (Å²) in [5.74, 6) is 0.405. The van der Waals surface area contributed by atoms with Crippen LogP contribution in [0, 0.1) is 6.92 Å². The van der Waals surface area contributed by atoms with Gasteiger partial charge in [0.15, 0.2) is 0 Å². The van der Waals surface area contributed by atoms with Crippen LogP contribution in [0.1, 0.15) is 15.9 Å². The molecule has 96 valence electrons. The third-order valence-electron chi connectivity index (χ3n) is 3.23. The van der Waals surface area contributed by atoms with Gasteiger partial charge >= 0.3 is 5.96 Å². The highest BCUT2D eigenvalue weighted by Gasteiger charge is 2.21. The van der Waals surface area contributed by atoms with Crippen molar-refractivity contribution in [3.8, 4) is 0 Å². The summed E-state index contributed by atoms with van der Waals surface area (Å²) in [6, 6.07) is 7.64. The first-order chi connectivity index (χ1) is 8.58. The molecular weight excluding hydrogens is 228 g/mol. The topological polar surface area (TPSA) is 75.4 Å². The lowest BCUT2D eigenvalue weighted by Gasteiger charge is -2.28. The van der Waals surface area contributed by atoms with Gasteiger partial charge in [0.1, 0.15) is 0 Å². The molecular formula is C13H19N4O+. The van der Waals surface area contributed by atoms with Gasteiger partial charge in [-0.3, -0.25) is 20.8 Å². The van der Waals surface area contributed by atoms with Crippen molar-refractivity contribution < 1.29 is 9.37 Å². The molecule has 1 fully saturated rings. The van der Waals surface area contributed by atoms with E-state index >= 15 is 0 Å². The zero-order valence-corrected chi connectivity index (χ0v) is 10.6. The number of piperazine rings is 1. The molecule has 1 aliphatic rings. The van der Waals surface area contributed by atoms with Gasteiger partial charge in [0.05, 0.1) is 26.2 Å². The highest BCUT2D eigenvalue weighted by Crippen LogP contribution is 2.08. The van der Waals surface area contributed by atoms with Crippen LogP contribution in [0.4, 0.5) is 0 Å². The number of carbonyl (C=O) groups is 1. The molecule has 0 unspecified atom stereocenters. The minimum atomic E-state index is 0.0743. The van der Waals surface area contributed by atoms with Crippen LogP contribution in [-0.4, -0.2) is 47.5 Å². The van der Waals surface area contributed by atoms with Gasteiger partial charge in [-0.05, 0) is 19.1 Å². The van der Waals surface area contributed by atoms with Crippen LogP contribution >= 0.6 is 0 Å². The van der Waals surface area contributed by atoms with E-state index in [0.717, 1.165) is 11.1 Å². The van der Waals surface area contributed by atoms with E-state index in [1.165, 1.54) is 0 Å². The normalized spacial score (nSPS) is 15.6. The van der Waals surface area contributed by atoms with Crippen LogP contribution in [0.2, 0.25) is 0 Å². The van der Waals surface area contributed by atoms with Crippen molar-refractivity contribution in [3.05, 3.63) is 35.4 Å². The highest BCUT2D eigenvalue weighted by molar-refractivity contribution is 5.94. The zero-order chi connectivity index (χ0) is 13.1. The van der Waals surface area contributed by atoms with Crippen molar-refractivity contribution in [1.82, 2.24) is 4.90 Å². The largest absolute Gasteiger partial charge is 0.341 e. The summed E-state index contributed by atoms with van der Waals surface area (Å²) in [6.07, 6.45) is 0. The lowest BCUT2D eigenvalue weighted by atomic mass is 10.1. The number of nitrogens with zero attached hydrogens (tertiary/aromatic N) is 2. The Morgan fingerprint density at radius 2 is 1.72 bits per heavy atom. The van der Waals surface area contributed by atoms with Crippen LogP contribution in [0.25, 0.3) is 0 Å². The lowest BCUT2D eigenvalue weighted by molar-refractivity contribution is -0.539. The average Bonchev–Trinajstić information content (AvgIpc) is 2.39. The molecule has 5 heteroatoms. The number of benzene rings is 1. The Kier molecular flexibility index (Phi) is 3.50. The van der Waals surface area contributed by atoms with Crippen LogP contribution in [0.5, 0.6) is 0 Å². The maximum Gasteiger partial charge on any atom is 0.341 e. The molecule has 4 N–H and O–H groups in total. The molecule has 1 aromatic rings. The standard InChI is InChI=1S/C13H18N4O/c1-10-2-4-11(5-3-10)12(18)16-6-8-17(9-7-16)13(14)15/h2-5H,6-9H2,1H3,(H3,14,15)/p+1. The van der Waals surface area contributed by atoms with E-state index in [9.17, 15) is 4.79 Å². The Bertz CT molecular complexity index is 464. The number of carbonyl (C=O) groups excluding carboxylic acids is 1. The van der Waals surface area contributed by atoms with Gasteiger partial charge in [-0.2, -0.15) is 0 Å². The average molecular weight is 247 g/mol. The third-order valence-corrected chi connectivity index (χ3v) is 3.23. The van der Waals surface area contributed by atoms with Gasteiger partial charge in [-0.25, -0.2) is 0 Å². The molecule has 0 aromatic heterocycles. The Balaban J connectivity index is 2.04. The first kappa shape index (κ1) is 12.4. The molecule has 0 radical (unpaired) electrons. The predicted molar refractivity (Wildman–Crippen MR) is 70.5 cm³/mol. The van der Waals surface area contributed by atoms with E-state index in [1.54, 1.807) is 0 Å². The zero-order valence-electron chi connectivity index (χ0n) is 10.6. The second-order valence-electron chi connectivity index (χ2n) is 4.57. The number of hydrogen-bond acceptors (Lipinski definition) is 1. The molecule has 2 rings (SSSR count). The van der Waals surface area contributed by atoms with Gasteiger partial charge in [-0.1, -0.05) is 17.7 Å². The van der Waals surface area contributed by atoms with Crippen molar-refractivity contribution in [2.45, 2.75) is 6.92 Å². The number of nitrogens with two attached hydrogens (primary N) is 2. The highest BCUT2D eigenvalue weighted by atomic mass is 16.2. The number of aryl methyl sites for hydroxylation is 1. The van der Waals surface area contributed by atoms with Crippen molar-refractivity contribution in [2.24, 2.45) is 11.5 Å². The van der Waals surface area contributed by atoms with E-state index in [0.29, 0.717) is 32.1 Å². The minimum absolute atomic E-state index is 0.0743. The molecule has 0 spiro atoms. The Morgan fingerprint density at radius 3 is 2.22 bits per heavy atom. The molecule has 0 bridgehead atoms. The van der Waals surface area contributed by atoms with Gasteiger partial charge in [0, 0.05) is 5.56 Å². The molecule has 1 aliphatic heterocycles. The van der Waals surface area contributed by atoms with Crippen molar-refractivity contribution in [3.63, 3.8) is 0 Å². The molecule has 18 heavy (non-hydrogen) atoms. The van der Waals surface area contributed by atoms with Crippen molar-refractivity contribution in [1.29, 1.82) is 0 Å². The number of amides is 1. The number of guanidine groups is 1. The fourth-order valence-electron chi connectivity index (χ4n) is 2.05. The summed E-state index contributed by atoms with van der Waals surface area (Å²) in [5.41, 5.74) is 13.0. The van der Waals surface area contributed by atoms with E-state index in [-0.39, 0.29) is 5.91 Å². The van der Waals surface area contributed by atoms with Crippen LogP contribution < -0.4 is 11.5 Å². The number of rotatable bonds is 1. The second-order valence-corrected chi connectivity index (χ2v) is 4.57. The molecule has 1 amide bonds. The summed E-state index contributed by atoms with van der Waals surface area (Å²) in [4.78, 5) is 14.1. The Morgan fingerprint density at radius 1 is 1.17 bits per heavy atom. The molecule has 0 atom stereocenters. The lowest BCUT2D eigenvalue weighted by Crippen LogP contribution is -2.49. The van der Waals surface area contributed by atoms with Gasteiger partial charge in [0.25, 0.3) is 5.91 Å². The SMILES string of the molecule is Cc1ccc(C(=O)N2CC[N+](=C(N)N)CC2)cc1. The van der Waals surface area contributed by atoms with E-state index in [2.05, 4.69) is 0 Å². The molecule has 1 aromatic carbocycles. The monoisotopic (exact) mass is 247 g/mol. The molecule has 1 heterocycles. The van der Waals surface area contributed by atoms with Gasteiger partial charge < -0.3 is 4.90 Å². The van der Waals surface area contributed by atoms with E-state index < -0.39 is 0 Å². The van der Waals surface area contributed by atoms with Crippen LogP contribution in [-0.2, 0) is 0 Å². The predicted octanol–water partition coefficient (Wildman–Crippen LogP) is -0.263. The first-order valence-corrected chi connectivity index (χ1v) is 6.06. The van der Waals surface area contributed by atoms with E-state index in [1.807, 2.05) is 40.7 Å². The van der Waals surface area contributed by atoms with Crippen LogP contribution in [0.3, 0.4) is 0 Å². The maximum atomic E-state index is 12.2. The minimum Gasteiger partial charge on any atom is -0.332 e. The molecule has 1 saturated heterocycles. The second kappa shape index (κ2) is 5.08. The number of hydrogen-bond donors (Lipinski definition) is 2. The smallest absolute Gasteiger partial charge is 0.332 e. The first-order valence-electron chi connectivity index (χ1n) is 6.06. The summed E-state index contributed by atoms with van der Waals surface area (Å²) >= 11 is 0. The van der Waals surface area contributed by atoms with Crippen LogP contribution in [0.15, 0.2) is 24.3 Å². The summed E-state index contributed by atoms with van der Waals surface area (Å²) in [6.45, 7) is 4.71. The Labute approximate surface area is 107 Å². The van der Waals surface area contributed by atoms with Gasteiger partial charge in [0.2, 0.25) is 0 Å². The van der Waals surface area contributed by atoms with Crippen molar-refractivity contribution >= 4 is 11.9 Å². The summed E-state index contributed by atoms with van der Waals surface area (Å²) in [7, 11) is 0. The maximum absolute atomic E-state index is 12.2. The quantitative estimate of drug-likeness (QED) is 0.530. The van der Waals surface area contributed by atoms with E-state index in [4.69, 9.17) is 11.5 Å². The summed E-state index contributed by atoms with van der Waals surface area (Å²) in [5, 5.41) is 0. The van der Waals surface area contributed by atoms with Gasteiger partial charge in [-0.15, -0.1) is 0 Å². The molecule has 5 nitrogen and oxygen atoms in total. The fraction of sp³-hybridized carbons (Fsp3) is 0.385. The summed E-state index contributed by atoms with van der Waals surface area (Å²) < 4.78 is 1.89. The molecule has 0 saturated carbocycles. The Hall–Kier alpha value is -2.04. The fourth-order valence-corrected chi connectivity index (χ4v) is 2.05. The van der Waals surface area contributed by atoms with Crippen molar-refractivity contribution in [2.75, 3.05) is 26.2 Å².